The maximum absolute atomic E-state index is 12.0. The third kappa shape index (κ3) is 6.80. The van der Waals surface area contributed by atoms with Crippen LogP contribution >= 0.6 is 24.0 Å². The number of carbonyl (C=O) groups is 2. The Hall–Kier alpha value is -1.88. The standard InChI is InChI=1S/C22H35N5O3.HI/c1-5-22(6-2)17(12-18(22)30-7-3)27-21(24-4)26-13-15-8-10-16(11-9-15)20(29)25-14-19(23)28;/h8-11,17-18H,5-7,12-14H2,1-4H3,(H2,23,28)(H,25,29)(H2,24,26,27);1H. The fraction of sp³-hybridized carbons (Fsp3) is 0.591. The number of guanidine groups is 1. The molecule has 0 aromatic heterocycles. The molecule has 0 aliphatic heterocycles. The molecule has 1 saturated carbocycles. The molecule has 1 aliphatic carbocycles. The molecule has 8 nitrogen and oxygen atoms in total. The first-order valence-corrected chi connectivity index (χ1v) is 10.6. The third-order valence-electron chi connectivity index (χ3n) is 6.10. The molecule has 0 bridgehead atoms. The van der Waals surface area contributed by atoms with Gasteiger partial charge in [0.2, 0.25) is 5.91 Å². The fourth-order valence-corrected chi connectivity index (χ4v) is 4.17. The highest BCUT2D eigenvalue weighted by Crippen LogP contribution is 2.48. The lowest BCUT2D eigenvalue weighted by Gasteiger charge is -2.55. The number of aliphatic imine (C=N–C) groups is 1. The molecule has 1 fully saturated rings. The van der Waals surface area contributed by atoms with Gasteiger partial charge in [0.05, 0.1) is 12.6 Å². The van der Waals surface area contributed by atoms with E-state index in [0.29, 0.717) is 24.3 Å². The van der Waals surface area contributed by atoms with Crippen molar-refractivity contribution in [2.24, 2.45) is 16.1 Å². The largest absolute Gasteiger partial charge is 0.378 e. The summed E-state index contributed by atoms with van der Waals surface area (Å²) in [5.41, 5.74) is 6.67. The van der Waals surface area contributed by atoms with Gasteiger partial charge in [-0.15, -0.1) is 24.0 Å². The summed E-state index contributed by atoms with van der Waals surface area (Å²) in [4.78, 5) is 27.1. The summed E-state index contributed by atoms with van der Waals surface area (Å²) in [5.74, 6) is -0.142. The number of nitrogens with two attached hydrogens (primary N) is 1. The first-order valence-electron chi connectivity index (χ1n) is 10.6. The van der Waals surface area contributed by atoms with E-state index < -0.39 is 5.91 Å². The van der Waals surface area contributed by atoms with Gasteiger partial charge in [-0.2, -0.15) is 0 Å². The number of amides is 2. The lowest BCUT2D eigenvalue weighted by atomic mass is 9.58. The second-order valence-corrected chi connectivity index (χ2v) is 7.59. The van der Waals surface area contributed by atoms with Gasteiger partial charge in [0.15, 0.2) is 5.96 Å². The number of carbonyl (C=O) groups excluding carboxylic acids is 2. The van der Waals surface area contributed by atoms with Gasteiger partial charge in [-0.3, -0.25) is 14.6 Å². The highest BCUT2D eigenvalue weighted by Gasteiger charge is 2.53. The number of rotatable bonds is 10. The van der Waals surface area contributed by atoms with Crippen molar-refractivity contribution in [3.8, 4) is 0 Å². The van der Waals surface area contributed by atoms with Crippen molar-refractivity contribution in [2.45, 2.75) is 58.7 Å². The summed E-state index contributed by atoms with van der Waals surface area (Å²) < 4.78 is 5.95. The molecule has 1 aliphatic rings. The van der Waals surface area contributed by atoms with Crippen LogP contribution in [0.3, 0.4) is 0 Å². The predicted molar refractivity (Wildman–Crippen MR) is 134 cm³/mol. The number of benzene rings is 1. The van der Waals surface area contributed by atoms with Gasteiger partial charge in [-0.05, 0) is 43.9 Å². The molecule has 9 heteroatoms. The molecular weight excluding hydrogens is 509 g/mol. The average molecular weight is 545 g/mol. The van der Waals surface area contributed by atoms with Crippen LogP contribution in [0.25, 0.3) is 0 Å². The SMILES string of the molecule is CCOC1CC(NC(=NC)NCc2ccc(C(=O)NCC(N)=O)cc2)C1(CC)CC.I. The Morgan fingerprint density at radius 1 is 1.16 bits per heavy atom. The average Bonchev–Trinajstić information content (AvgIpc) is 2.74. The molecule has 2 unspecified atom stereocenters. The van der Waals surface area contributed by atoms with Gasteiger partial charge >= 0.3 is 0 Å². The molecule has 174 valence electrons. The topological polar surface area (TPSA) is 118 Å². The molecular formula is C22H36IN5O3. The van der Waals surface area contributed by atoms with Gasteiger partial charge in [0.1, 0.15) is 0 Å². The Labute approximate surface area is 202 Å². The van der Waals surface area contributed by atoms with E-state index in [0.717, 1.165) is 37.4 Å². The van der Waals surface area contributed by atoms with Crippen LogP contribution in [0, 0.1) is 5.41 Å². The zero-order chi connectivity index (χ0) is 22.1. The van der Waals surface area contributed by atoms with E-state index in [1.165, 1.54) is 0 Å². The van der Waals surface area contributed by atoms with Crippen LogP contribution in [0.5, 0.6) is 0 Å². The van der Waals surface area contributed by atoms with E-state index in [9.17, 15) is 9.59 Å². The van der Waals surface area contributed by atoms with Crippen molar-refractivity contribution in [1.82, 2.24) is 16.0 Å². The van der Waals surface area contributed by atoms with E-state index in [1.54, 1.807) is 19.2 Å². The Morgan fingerprint density at radius 3 is 2.32 bits per heavy atom. The molecule has 2 atom stereocenters. The van der Waals surface area contributed by atoms with Crippen molar-refractivity contribution < 1.29 is 14.3 Å². The summed E-state index contributed by atoms with van der Waals surface area (Å²) in [5, 5.41) is 9.38. The van der Waals surface area contributed by atoms with Gasteiger partial charge < -0.3 is 26.4 Å². The van der Waals surface area contributed by atoms with Crippen LogP contribution in [0.2, 0.25) is 0 Å². The zero-order valence-electron chi connectivity index (χ0n) is 18.9. The van der Waals surface area contributed by atoms with Crippen molar-refractivity contribution in [3.63, 3.8) is 0 Å². The lowest BCUT2D eigenvalue weighted by Crippen LogP contribution is -2.65. The number of hydrogen-bond donors (Lipinski definition) is 4. The highest BCUT2D eigenvalue weighted by molar-refractivity contribution is 14.0. The van der Waals surface area contributed by atoms with Crippen molar-refractivity contribution in [2.75, 3.05) is 20.2 Å². The quantitative estimate of drug-likeness (QED) is 0.204. The maximum Gasteiger partial charge on any atom is 0.251 e. The number of halogens is 1. The summed E-state index contributed by atoms with van der Waals surface area (Å²) >= 11 is 0. The van der Waals surface area contributed by atoms with Gasteiger partial charge in [-0.1, -0.05) is 26.0 Å². The summed E-state index contributed by atoms with van der Waals surface area (Å²) in [6.07, 6.45) is 3.39. The lowest BCUT2D eigenvalue weighted by molar-refractivity contribution is -0.133. The van der Waals surface area contributed by atoms with E-state index in [4.69, 9.17) is 10.5 Å². The third-order valence-corrected chi connectivity index (χ3v) is 6.10. The highest BCUT2D eigenvalue weighted by atomic mass is 127. The molecule has 1 aromatic carbocycles. The van der Waals surface area contributed by atoms with Crippen LogP contribution in [0.15, 0.2) is 29.3 Å². The molecule has 2 amide bonds. The Bertz CT molecular complexity index is 750. The molecule has 31 heavy (non-hydrogen) atoms. The van der Waals surface area contributed by atoms with E-state index in [2.05, 4.69) is 34.8 Å². The Morgan fingerprint density at radius 2 is 1.81 bits per heavy atom. The zero-order valence-corrected chi connectivity index (χ0v) is 21.2. The minimum Gasteiger partial charge on any atom is -0.378 e. The molecule has 0 heterocycles. The first kappa shape index (κ1) is 27.2. The smallest absolute Gasteiger partial charge is 0.251 e. The minimum absolute atomic E-state index is 0. The van der Waals surface area contributed by atoms with E-state index >= 15 is 0 Å². The van der Waals surface area contributed by atoms with Crippen LogP contribution in [-0.4, -0.2) is 50.1 Å². The molecule has 0 spiro atoms. The molecule has 1 aromatic rings. The summed E-state index contributed by atoms with van der Waals surface area (Å²) in [6, 6.07) is 7.52. The molecule has 5 N–H and O–H groups in total. The molecule has 0 saturated heterocycles. The second kappa shape index (κ2) is 12.8. The fourth-order valence-electron chi connectivity index (χ4n) is 4.17. The van der Waals surface area contributed by atoms with Crippen LogP contribution in [0.4, 0.5) is 0 Å². The van der Waals surface area contributed by atoms with Crippen molar-refractivity contribution in [3.05, 3.63) is 35.4 Å². The molecule has 2 rings (SSSR count). The number of nitrogens with zero attached hydrogens (tertiary/aromatic N) is 1. The van der Waals surface area contributed by atoms with Gasteiger partial charge in [-0.25, -0.2) is 0 Å². The number of hydrogen-bond acceptors (Lipinski definition) is 4. The normalized spacial score (nSPS) is 19.5. The number of primary amides is 1. The Kier molecular flexibility index (Phi) is 11.3. The monoisotopic (exact) mass is 545 g/mol. The van der Waals surface area contributed by atoms with Crippen molar-refractivity contribution >= 4 is 41.8 Å². The minimum atomic E-state index is -0.572. The van der Waals surface area contributed by atoms with Gasteiger partial charge in [0, 0.05) is 37.2 Å². The first-order chi connectivity index (χ1) is 14.4. The van der Waals surface area contributed by atoms with Gasteiger partial charge in [0.25, 0.3) is 5.91 Å². The Balaban J connectivity index is 0.00000480. The van der Waals surface area contributed by atoms with E-state index in [1.807, 2.05) is 19.1 Å². The van der Waals surface area contributed by atoms with Crippen molar-refractivity contribution in [1.29, 1.82) is 0 Å². The number of ether oxygens (including phenoxy) is 1. The number of nitrogens with one attached hydrogen (secondary N) is 3. The summed E-state index contributed by atoms with van der Waals surface area (Å²) in [6.45, 7) is 7.64. The molecule has 0 radical (unpaired) electrons. The summed E-state index contributed by atoms with van der Waals surface area (Å²) in [7, 11) is 1.76. The second-order valence-electron chi connectivity index (χ2n) is 7.59. The maximum atomic E-state index is 12.0. The van der Waals surface area contributed by atoms with Crippen LogP contribution < -0.4 is 21.7 Å². The van der Waals surface area contributed by atoms with Crippen LogP contribution in [-0.2, 0) is 16.1 Å². The predicted octanol–water partition coefficient (Wildman–Crippen LogP) is 2.17. The van der Waals surface area contributed by atoms with Crippen LogP contribution in [0.1, 0.15) is 56.0 Å². The van der Waals surface area contributed by atoms with E-state index in [-0.39, 0.29) is 41.8 Å².